The van der Waals surface area contributed by atoms with Crippen LogP contribution in [0.4, 0.5) is 19.0 Å². The molecule has 0 bridgehead atoms. The van der Waals surface area contributed by atoms with Crippen LogP contribution >= 0.6 is 23.5 Å². The van der Waals surface area contributed by atoms with Gasteiger partial charge in [0, 0.05) is 17.6 Å². The number of nitrogens with zero attached hydrogens (tertiary/aromatic N) is 2. The third-order valence-electron chi connectivity index (χ3n) is 4.85. The summed E-state index contributed by atoms with van der Waals surface area (Å²) in [5.74, 6) is -0.347. The molecule has 1 saturated carbocycles. The van der Waals surface area contributed by atoms with Gasteiger partial charge in [0.15, 0.2) is 5.82 Å². The number of anilines is 1. The Balaban J connectivity index is 1.87. The normalized spacial score (nSPS) is 15.3. The smallest absolute Gasteiger partial charge is 0.417 e. The molecule has 0 aliphatic heterocycles. The van der Waals surface area contributed by atoms with E-state index in [4.69, 9.17) is 16.7 Å². The fourth-order valence-corrected chi connectivity index (χ4v) is 4.67. The summed E-state index contributed by atoms with van der Waals surface area (Å²) in [5, 5.41) is 8.98. The molecule has 1 fully saturated rings. The second-order valence-corrected chi connectivity index (χ2v) is 8.52. The summed E-state index contributed by atoms with van der Waals surface area (Å²) in [5.41, 5.74) is -0.724. The van der Waals surface area contributed by atoms with E-state index >= 15 is 0 Å². The molecule has 156 valence electrons. The minimum atomic E-state index is -4.51. The topological polar surface area (TPSA) is 53.4 Å². The Morgan fingerprint density at radius 2 is 1.86 bits per heavy atom. The molecule has 0 spiro atoms. The number of aromatic nitrogens is 1. The Morgan fingerprint density at radius 1 is 1.21 bits per heavy atom. The zero-order valence-corrected chi connectivity index (χ0v) is 17.0. The number of hydrogen-bond donors (Lipinski definition) is 1. The van der Waals surface area contributed by atoms with Crippen LogP contribution in [0.3, 0.4) is 0 Å². The van der Waals surface area contributed by atoms with Crippen LogP contribution in [0.15, 0.2) is 41.4 Å². The van der Waals surface area contributed by atoms with Crippen molar-refractivity contribution in [1.82, 2.24) is 4.98 Å². The van der Waals surface area contributed by atoms with Crippen molar-refractivity contribution in [2.24, 2.45) is 5.92 Å². The lowest BCUT2D eigenvalue weighted by atomic mass is 9.89. The highest BCUT2D eigenvalue weighted by Crippen LogP contribution is 2.38. The van der Waals surface area contributed by atoms with E-state index in [-0.39, 0.29) is 16.4 Å². The first-order valence-corrected chi connectivity index (χ1v) is 10.4. The van der Waals surface area contributed by atoms with Crippen LogP contribution in [0.1, 0.15) is 48.0 Å². The van der Waals surface area contributed by atoms with Gasteiger partial charge < -0.3 is 5.11 Å². The van der Waals surface area contributed by atoms with Crippen LogP contribution in [0.25, 0.3) is 0 Å². The van der Waals surface area contributed by atoms with Crippen LogP contribution < -0.4 is 4.31 Å². The summed E-state index contributed by atoms with van der Waals surface area (Å²) in [6, 6.07) is 7.21. The van der Waals surface area contributed by atoms with Gasteiger partial charge in [-0.2, -0.15) is 13.2 Å². The maximum atomic E-state index is 13.0. The number of carboxylic acids is 1. The molecular weight excluding hydrogens is 425 g/mol. The number of hydrogen-bond acceptors (Lipinski definition) is 4. The van der Waals surface area contributed by atoms with Gasteiger partial charge in [-0.3, -0.25) is 4.31 Å². The van der Waals surface area contributed by atoms with E-state index in [0.29, 0.717) is 12.5 Å². The number of carbonyl (C=O) groups is 1. The number of halogens is 4. The van der Waals surface area contributed by atoms with Gasteiger partial charge >= 0.3 is 12.1 Å². The number of rotatable bonds is 6. The third kappa shape index (κ3) is 5.79. The maximum absolute atomic E-state index is 13.0. The number of pyridine rings is 1. The monoisotopic (exact) mass is 444 g/mol. The minimum absolute atomic E-state index is 0.0645. The number of aromatic carboxylic acids is 1. The van der Waals surface area contributed by atoms with Crippen molar-refractivity contribution in [3.63, 3.8) is 0 Å². The maximum Gasteiger partial charge on any atom is 0.417 e. The van der Waals surface area contributed by atoms with Crippen molar-refractivity contribution < 1.29 is 23.1 Å². The summed E-state index contributed by atoms with van der Waals surface area (Å²) in [6.07, 6.45) is 1.84. The van der Waals surface area contributed by atoms with Gasteiger partial charge in [-0.25, -0.2) is 9.78 Å². The molecule has 0 atom stereocenters. The van der Waals surface area contributed by atoms with Crippen molar-refractivity contribution in [3.8, 4) is 0 Å². The average molecular weight is 445 g/mol. The van der Waals surface area contributed by atoms with E-state index < -0.39 is 17.7 Å². The Labute approximate surface area is 176 Å². The molecule has 1 aromatic carbocycles. The zero-order chi connectivity index (χ0) is 21.0. The minimum Gasteiger partial charge on any atom is -0.478 e. The van der Waals surface area contributed by atoms with Crippen molar-refractivity contribution >= 4 is 35.3 Å². The fraction of sp³-hybridized carbons (Fsp3) is 0.400. The lowest BCUT2D eigenvalue weighted by molar-refractivity contribution is -0.137. The molecule has 3 rings (SSSR count). The molecule has 0 amide bonds. The second kappa shape index (κ2) is 9.26. The predicted octanol–water partition coefficient (Wildman–Crippen LogP) is 6.55. The number of benzene rings is 1. The second-order valence-electron chi connectivity index (χ2n) is 7.01. The summed E-state index contributed by atoms with van der Waals surface area (Å²) < 4.78 is 40.7. The van der Waals surface area contributed by atoms with Crippen LogP contribution in [0.5, 0.6) is 0 Å². The molecular formula is C20H20ClF3N2O2S. The highest BCUT2D eigenvalue weighted by molar-refractivity contribution is 8.00. The molecule has 2 aromatic rings. The van der Waals surface area contributed by atoms with Crippen molar-refractivity contribution in [1.29, 1.82) is 0 Å². The lowest BCUT2D eigenvalue weighted by Gasteiger charge is -2.30. The Morgan fingerprint density at radius 3 is 2.41 bits per heavy atom. The average Bonchev–Trinajstić information content (AvgIpc) is 2.68. The van der Waals surface area contributed by atoms with Crippen LogP contribution in [-0.4, -0.2) is 22.6 Å². The third-order valence-corrected chi connectivity index (χ3v) is 6.15. The fourth-order valence-electron chi connectivity index (χ4n) is 3.33. The molecule has 0 radical (unpaired) electrons. The van der Waals surface area contributed by atoms with Gasteiger partial charge in [-0.15, -0.1) is 0 Å². The number of carboxylic acid groups (broad SMARTS) is 1. The molecule has 1 N–H and O–H groups in total. The van der Waals surface area contributed by atoms with Crippen LogP contribution in [-0.2, 0) is 6.18 Å². The van der Waals surface area contributed by atoms with Crippen LogP contribution in [0, 0.1) is 5.92 Å². The van der Waals surface area contributed by atoms with E-state index in [1.54, 1.807) is 12.1 Å². The van der Waals surface area contributed by atoms with Gasteiger partial charge in [-0.05, 0) is 61.0 Å². The first kappa shape index (κ1) is 21.8. The first-order valence-electron chi connectivity index (χ1n) is 9.25. The quantitative estimate of drug-likeness (QED) is 0.512. The Kier molecular flexibility index (Phi) is 6.95. The zero-order valence-electron chi connectivity index (χ0n) is 15.5. The SMILES string of the molecule is O=C(O)c1ccc(SN(CC2CCCCC2)c2ncc(C(F)(F)F)cc2Cl)cc1. The predicted molar refractivity (Wildman–Crippen MR) is 107 cm³/mol. The highest BCUT2D eigenvalue weighted by atomic mass is 35.5. The van der Waals surface area contributed by atoms with E-state index in [1.165, 1.54) is 30.5 Å². The molecule has 0 saturated heterocycles. The first-order chi connectivity index (χ1) is 13.7. The van der Waals surface area contributed by atoms with Crippen LogP contribution in [0.2, 0.25) is 5.02 Å². The van der Waals surface area contributed by atoms with Gasteiger partial charge in [-0.1, -0.05) is 30.9 Å². The summed E-state index contributed by atoms with van der Waals surface area (Å²) in [6.45, 7) is 0.601. The summed E-state index contributed by atoms with van der Waals surface area (Å²) in [7, 11) is 0. The molecule has 1 aliphatic carbocycles. The summed E-state index contributed by atoms with van der Waals surface area (Å²) in [4.78, 5) is 15.8. The van der Waals surface area contributed by atoms with Crippen molar-refractivity contribution in [2.75, 3.05) is 10.8 Å². The Hall–Kier alpha value is -1.93. The molecule has 29 heavy (non-hydrogen) atoms. The van der Waals surface area contributed by atoms with E-state index in [2.05, 4.69) is 4.98 Å². The lowest BCUT2D eigenvalue weighted by Crippen LogP contribution is -2.26. The van der Waals surface area contributed by atoms with Gasteiger partial charge in [0.05, 0.1) is 16.1 Å². The standard InChI is InChI=1S/C20H20ClF3N2O2S/c21-17-10-15(20(22,23)24)11-25-18(17)26(12-13-4-2-1-3-5-13)29-16-8-6-14(7-9-16)19(27)28/h6-11,13H,1-5,12H2,(H,27,28). The molecule has 4 nitrogen and oxygen atoms in total. The Bertz CT molecular complexity index is 856. The molecule has 1 heterocycles. The molecule has 1 aromatic heterocycles. The van der Waals surface area contributed by atoms with Gasteiger partial charge in [0.2, 0.25) is 0 Å². The van der Waals surface area contributed by atoms with Gasteiger partial charge in [0.1, 0.15) is 0 Å². The number of alkyl halides is 3. The molecule has 1 aliphatic rings. The molecule has 9 heteroatoms. The molecule has 0 unspecified atom stereocenters. The van der Waals surface area contributed by atoms with E-state index in [1.807, 2.05) is 4.31 Å². The highest BCUT2D eigenvalue weighted by Gasteiger charge is 2.32. The van der Waals surface area contributed by atoms with Crippen molar-refractivity contribution in [2.45, 2.75) is 43.2 Å². The van der Waals surface area contributed by atoms with Gasteiger partial charge in [0.25, 0.3) is 0 Å². The largest absolute Gasteiger partial charge is 0.478 e. The summed E-state index contributed by atoms with van der Waals surface area (Å²) >= 11 is 7.48. The van der Waals surface area contributed by atoms with E-state index in [9.17, 15) is 18.0 Å². The van der Waals surface area contributed by atoms with Crippen molar-refractivity contribution in [3.05, 3.63) is 52.7 Å². The van der Waals surface area contributed by atoms with E-state index in [0.717, 1.165) is 42.8 Å².